The molecule has 6 unspecified atom stereocenters. The molecule has 0 radical (unpaired) electrons. The van der Waals surface area contributed by atoms with Crippen LogP contribution in [-0.4, -0.2) is 89.2 Å². The van der Waals surface area contributed by atoms with Crippen LogP contribution in [0.1, 0.15) is 265 Å². The summed E-state index contributed by atoms with van der Waals surface area (Å²) in [5.74, 6) is -3.16. The van der Waals surface area contributed by atoms with Crippen molar-refractivity contribution in [1.82, 2.24) is 0 Å². The van der Waals surface area contributed by atoms with Gasteiger partial charge in [-0.1, -0.05) is 234 Å². The molecule has 1 aliphatic rings. The van der Waals surface area contributed by atoms with Crippen LogP contribution >= 0.6 is 0 Å². The molecule has 79 heavy (non-hydrogen) atoms. The third kappa shape index (κ3) is 44.3. The van der Waals surface area contributed by atoms with Crippen molar-refractivity contribution in [2.75, 3.05) is 13.2 Å². The Balaban J connectivity index is 2.68. The predicted molar refractivity (Wildman–Crippen MR) is 321 cm³/mol. The Bertz CT molecular complexity index is 1700. The Morgan fingerprint density at radius 2 is 0.797 bits per heavy atom. The fraction of sp³-hybridized carbons (Fsp3) is 0.731. The van der Waals surface area contributed by atoms with Crippen molar-refractivity contribution in [2.24, 2.45) is 0 Å². The summed E-state index contributed by atoms with van der Waals surface area (Å²) in [6.45, 7) is 5.85. The molecule has 0 aliphatic carbocycles. The molecule has 0 aromatic heterocycles. The van der Waals surface area contributed by atoms with E-state index in [1.54, 1.807) is 0 Å². The highest BCUT2D eigenvalue weighted by molar-refractivity contribution is 5.74. The zero-order chi connectivity index (χ0) is 57.5. The predicted octanol–water partition coefficient (Wildman–Crippen LogP) is 16.7. The first kappa shape index (κ1) is 72.9. The van der Waals surface area contributed by atoms with E-state index in [0.717, 1.165) is 109 Å². The van der Waals surface area contributed by atoms with Gasteiger partial charge in [0.15, 0.2) is 24.6 Å². The van der Waals surface area contributed by atoms with Crippen LogP contribution in [0.15, 0.2) is 85.1 Å². The van der Waals surface area contributed by atoms with Gasteiger partial charge in [-0.3, -0.25) is 14.4 Å². The molecule has 3 N–H and O–H groups in total. The molecule has 1 heterocycles. The Kier molecular flexibility index (Phi) is 50.3. The SMILES string of the molecule is CC/C=C\C/C=C\C/C=C\C/C=C\C/C=C\CCCCCC(=O)OC1C(OCC(COC(=O)CCCCCCCCC/C=C\C/C=C\CCCCC)OC(=O)CCCCCCCCCCCCCCC)OC(C(=O)O)C(O)C1O. The van der Waals surface area contributed by atoms with E-state index < -0.39 is 67.3 Å². The highest BCUT2D eigenvalue weighted by Gasteiger charge is 2.50. The van der Waals surface area contributed by atoms with Gasteiger partial charge >= 0.3 is 23.9 Å². The number of carboxylic acids is 1. The van der Waals surface area contributed by atoms with E-state index in [2.05, 4.69) is 106 Å². The number of aliphatic hydroxyl groups excluding tert-OH is 2. The van der Waals surface area contributed by atoms with E-state index >= 15 is 0 Å². The summed E-state index contributed by atoms with van der Waals surface area (Å²) in [5, 5.41) is 31.5. The Morgan fingerprint density at radius 1 is 0.430 bits per heavy atom. The van der Waals surface area contributed by atoms with Gasteiger partial charge < -0.3 is 39.0 Å². The second kappa shape index (κ2) is 54.5. The van der Waals surface area contributed by atoms with Crippen molar-refractivity contribution >= 4 is 23.9 Å². The van der Waals surface area contributed by atoms with Crippen LogP contribution in [0.3, 0.4) is 0 Å². The molecule has 1 saturated heterocycles. The number of unbranched alkanes of at least 4 members (excludes halogenated alkanes) is 25. The van der Waals surface area contributed by atoms with Crippen LogP contribution in [0.5, 0.6) is 0 Å². The third-order valence-electron chi connectivity index (χ3n) is 14.0. The van der Waals surface area contributed by atoms with Crippen molar-refractivity contribution < 1.29 is 58.2 Å². The second-order valence-electron chi connectivity index (χ2n) is 21.3. The molecule has 12 heteroatoms. The van der Waals surface area contributed by atoms with E-state index in [9.17, 15) is 34.5 Å². The van der Waals surface area contributed by atoms with Crippen molar-refractivity contribution in [3.63, 3.8) is 0 Å². The smallest absolute Gasteiger partial charge is 0.335 e. The van der Waals surface area contributed by atoms with Gasteiger partial charge in [0.2, 0.25) is 0 Å². The molecule has 452 valence electrons. The van der Waals surface area contributed by atoms with Crippen molar-refractivity contribution in [3.05, 3.63) is 85.1 Å². The molecule has 1 rings (SSSR count). The largest absolute Gasteiger partial charge is 0.479 e. The maximum Gasteiger partial charge on any atom is 0.335 e. The molecule has 0 bridgehead atoms. The van der Waals surface area contributed by atoms with E-state index in [1.165, 1.54) is 96.3 Å². The zero-order valence-corrected chi connectivity index (χ0v) is 49.8. The van der Waals surface area contributed by atoms with Gasteiger partial charge in [0, 0.05) is 19.3 Å². The average Bonchev–Trinajstić information content (AvgIpc) is 3.46. The van der Waals surface area contributed by atoms with Crippen LogP contribution in [0.2, 0.25) is 0 Å². The zero-order valence-electron chi connectivity index (χ0n) is 49.8. The summed E-state index contributed by atoms with van der Waals surface area (Å²) in [6.07, 6.45) is 58.2. The number of carbonyl (C=O) groups excluding carboxylic acids is 3. The number of hydrogen-bond acceptors (Lipinski definition) is 11. The fourth-order valence-electron chi connectivity index (χ4n) is 9.13. The summed E-state index contributed by atoms with van der Waals surface area (Å²) in [7, 11) is 0. The van der Waals surface area contributed by atoms with Gasteiger partial charge in [0.05, 0.1) is 6.61 Å². The highest BCUT2D eigenvalue weighted by Crippen LogP contribution is 2.26. The normalized spacial score (nSPS) is 18.4. The monoisotopic (exact) mass is 1110 g/mol. The van der Waals surface area contributed by atoms with Crippen molar-refractivity contribution in [2.45, 2.75) is 302 Å². The maximum atomic E-state index is 13.2. The van der Waals surface area contributed by atoms with E-state index in [-0.39, 0.29) is 25.9 Å². The highest BCUT2D eigenvalue weighted by atomic mass is 16.7. The fourth-order valence-corrected chi connectivity index (χ4v) is 9.13. The van der Waals surface area contributed by atoms with Crippen LogP contribution in [0.25, 0.3) is 0 Å². The summed E-state index contributed by atoms with van der Waals surface area (Å²) in [5.41, 5.74) is 0. The number of carbonyl (C=O) groups is 4. The number of esters is 3. The minimum atomic E-state index is -1.92. The summed E-state index contributed by atoms with van der Waals surface area (Å²) < 4.78 is 28.5. The first-order chi connectivity index (χ1) is 38.6. The molecule has 0 saturated carbocycles. The number of aliphatic hydroxyl groups is 2. The standard InChI is InChI=1S/C67H112O12/c1-4-7-10-13-16-19-22-25-27-29-30-32-34-37-40-43-46-49-52-55-61(70)78-65-63(72)62(71)64(66(73)74)79-67(65)76-57-58(77-60(69)54-51-48-45-42-39-35-24-21-18-15-12-9-6-3)56-75-59(68)53-50-47-44-41-38-36-33-31-28-26-23-20-17-14-11-8-5-2/h7,10,16-17,19-20,25-28,30,32,37,40,58,62-65,67,71-72H,4-6,8-9,11-15,18,21-24,29,31,33-36,38-39,41-57H2,1-3H3,(H,73,74)/b10-7-,19-16-,20-17-,27-25-,28-26-,32-30-,40-37-. The van der Waals surface area contributed by atoms with Gasteiger partial charge in [0.25, 0.3) is 0 Å². The van der Waals surface area contributed by atoms with Gasteiger partial charge in [-0.2, -0.15) is 0 Å². The van der Waals surface area contributed by atoms with Gasteiger partial charge in [0.1, 0.15) is 18.8 Å². The lowest BCUT2D eigenvalue weighted by Gasteiger charge is -2.40. The third-order valence-corrected chi connectivity index (χ3v) is 14.0. The Labute approximate surface area is 480 Å². The second-order valence-corrected chi connectivity index (χ2v) is 21.3. The molecule has 1 aliphatic heterocycles. The number of hydrogen-bond donors (Lipinski definition) is 3. The number of allylic oxidation sites excluding steroid dienone is 14. The molecule has 0 amide bonds. The first-order valence-corrected chi connectivity index (χ1v) is 31.6. The topological polar surface area (TPSA) is 175 Å². The maximum absolute atomic E-state index is 13.2. The molecule has 0 aromatic rings. The molecule has 0 aromatic carbocycles. The van der Waals surface area contributed by atoms with E-state index in [4.69, 9.17) is 23.7 Å². The van der Waals surface area contributed by atoms with Crippen LogP contribution < -0.4 is 0 Å². The number of aliphatic carboxylic acids is 1. The Hall–Kier alpha value is -4.10. The van der Waals surface area contributed by atoms with Crippen molar-refractivity contribution in [1.29, 1.82) is 0 Å². The lowest BCUT2D eigenvalue weighted by Crippen LogP contribution is -2.61. The van der Waals surface area contributed by atoms with Crippen LogP contribution in [-0.2, 0) is 42.9 Å². The molecule has 12 nitrogen and oxygen atoms in total. The summed E-state index contributed by atoms with van der Waals surface area (Å²) in [6, 6.07) is 0. The van der Waals surface area contributed by atoms with E-state index in [1.807, 2.05) is 0 Å². The summed E-state index contributed by atoms with van der Waals surface area (Å²) in [4.78, 5) is 51.2. The Morgan fingerprint density at radius 3 is 1.25 bits per heavy atom. The number of carboxylic acid groups (broad SMARTS) is 1. The minimum Gasteiger partial charge on any atom is -0.479 e. The minimum absolute atomic E-state index is 0.0189. The molecule has 1 fully saturated rings. The quantitative estimate of drug-likeness (QED) is 0.0228. The van der Waals surface area contributed by atoms with Gasteiger partial charge in [-0.05, 0) is 96.3 Å². The molecule has 0 spiro atoms. The molecular weight excluding hydrogens is 997 g/mol. The van der Waals surface area contributed by atoms with Gasteiger partial charge in [-0.25, -0.2) is 4.79 Å². The van der Waals surface area contributed by atoms with E-state index in [0.29, 0.717) is 19.3 Å². The van der Waals surface area contributed by atoms with Crippen LogP contribution in [0, 0.1) is 0 Å². The van der Waals surface area contributed by atoms with Crippen molar-refractivity contribution in [3.8, 4) is 0 Å². The first-order valence-electron chi connectivity index (χ1n) is 31.6. The number of ether oxygens (including phenoxy) is 5. The lowest BCUT2D eigenvalue weighted by molar-refractivity contribution is -0.301. The van der Waals surface area contributed by atoms with Crippen LogP contribution in [0.4, 0.5) is 0 Å². The number of rotatable bonds is 53. The van der Waals surface area contributed by atoms with Gasteiger partial charge in [-0.15, -0.1) is 0 Å². The lowest BCUT2D eigenvalue weighted by atomic mass is 9.98. The molecular formula is C67H112O12. The molecule has 6 atom stereocenters. The average molecular weight is 1110 g/mol. The summed E-state index contributed by atoms with van der Waals surface area (Å²) >= 11 is 0.